The molecule has 4 aromatic rings. The number of aromatic nitrogens is 5. The molecule has 3 heterocycles. The second kappa shape index (κ2) is 9.64. The highest BCUT2D eigenvalue weighted by Crippen LogP contribution is 2.34. The summed E-state index contributed by atoms with van der Waals surface area (Å²) in [5.41, 5.74) is 2.39. The van der Waals surface area contributed by atoms with Crippen molar-refractivity contribution in [3.05, 3.63) is 68.6 Å². The van der Waals surface area contributed by atoms with E-state index in [0.29, 0.717) is 10.9 Å². The van der Waals surface area contributed by atoms with Crippen molar-refractivity contribution in [1.82, 2.24) is 24.7 Å². The van der Waals surface area contributed by atoms with Gasteiger partial charge in [0.25, 0.3) is 5.56 Å². The Morgan fingerprint density at radius 1 is 1.16 bits per heavy atom. The van der Waals surface area contributed by atoms with Crippen LogP contribution >= 0.6 is 34.9 Å². The van der Waals surface area contributed by atoms with E-state index < -0.39 is 0 Å². The summed E-state index contributed by atoms with van der Waals surface area (Å²) in [6.45, 7) is 0. The molecule has 0 radical (unpaired) electrons. The standard InChI is InChI=1S/C23H23N5OS3/c1-28-18(26-27-23(28)30-13-7-10-15-8-3-2-4-9-15)14-31-22-24-20(29)19-16-11-5-6-12-17(16)32-21(19)25-22/h2-4,7-10H,5-6,11-14H2,1H3,(H,24,25,29)/b10-7-. The summed E-state index contributed by atoms with van der Waals surface area (Å²) < 4.78 is 2.01. The number of benzene rings is 1. The van der Waals surface area contributed by atoms with Crippen LogP contribution in [0.5, 0.6) is 0 Å². The molecule has 0 saturated heterocycles. The Bertz CT molecular complexity index is 1320. The van der Waals surface area contributed by atoms with E-state index in [2.05, 4.69) is 39.5 Å². The van der Waals surface area contributed by atoms with Crippen LogP contribution in [-0.2, 0) is 25.6 Å². The first kappa shape index (κ1) is 21.5. The van der Waals surface area contributed by atoms with Crippen LogP contribution in [0.4, 0.5) is 0 Å². The first-order valence-electron chi connectivity index (χ1n) is 10.6. The molecule has 0 spiro atoms. The van der Waals surface area contributed by atoms with Crippen LogP contribution in [0.1, 0.15) is 34.7 Å². The lowest BCUT2D eigenvalue weighted by molar-refractivity contribution is 0.700. The van der Waals surface area contributed by atoms with Crippen molar-refractivity contribution in [3.8, 4) is 0 Å². The third kappa shape index (κ3) is 4.55. The van der Waals surface area contributed by atoms with E-state index in [1.165, 1.54) is 34.2 Å². The highest BCUT2D eigenvalue weighted by Gasteiger charge is 2.20. The van der Waals surface area contributed by atoms with Crippen molar-refractivity contribution in [1.29, 1.82) is 0 Å². The van der Waals surface area contributed by atoms with E-state index in [1.807, 2.05) is 29.8 Å². The van der Waals surface area contributed by atoms with E-state index >= 15 is 0 Å². The third-order valence-electron chi connectivity index (χ3n) is 5.48. The topological polar surface area (TPSA) is 76.5 Å². The molecule has 0 bridgehead atoms. The lowest BCUT2D eigenvalue weighted by Gasteiger charge is -2.09. The Kier molecular flexibility index (Phi) is 6.47. The van der Waals surface area contributed by atoms with Gasteiger partial charge in [0.15, 0.2) is 10.3 Å². The van der Waals surface area contributed by atoms with Gasteiger partial charge in [-0.15, -0.1) is 21.5 Å². The van der Waals surface area contributed by atoms with Crippen LogP contribution in [0, 0.1) is 0 Å². The molecule has 0 saturated carbocycles. The molecule has 0 amide bonds. The van der Waals surface area contributed by atoms with Gasteiger partial charge in [-0.25, -0.2) is 4.98 Å². The van der Waals surface area contributed by atoms with Crippen molar-refractivity contribution in [2.24, 2.45) is 7.05 Å². The summed E-state index contributed by atoms with van der Waals surface area (Å²) >= 11 is 4.82. The number of nitrogens with one attached hydrogen (secondary N) is 1. The van der Waals surface area contributed by atoms with Gasteiger partial charge in [-0.1, -0.05) is 66.0 Å². The van der Waals surface area contributed by atoms with Gasteiger partial charge in [0.05, 0.1) is 11.1 Å². The number of aromatic amines is 1. The number of hydrogen-bond donors (Lipinski definition) is 1. The molecule has 0 fully saturated rings. The molecule has 32 heavy (non-hydrogen) atoms. The van der Waals surface area contributed by atoms with Crippen molar-refractivity contribution in [3.63, 3.8) is 0 Å². The molecule has 0 atom stereocenters. The summed E-state index contributed by atoms with van der Waals surface area (Å²) in [7, 11) is 1.98. The summed E-state index contributed by atoms with van der Waals surface area (Å²) in [6.07, 6.45) is 8.66. The zero-order chi connectivity index (χ0) is 21.9. The molecule has 1 aromatic carbocycles. The minimum atomic E-state index is -0.0173. The van der Waals surface area contributed by atoms with E-state index in [-0.39, 0.29) is 5.56 Å². The number of aryl methyl sites for hydroxylation is 2. The largest absolute Gasteiger partial charge is 0.308 e. The van der Waals surface area contributed by atoms with E-state index in [4.69, 9.17) is 4.98 Å². The Balaban J connectivity index is 1.23. The molecular formula is C23H23N5OS3. The normalized spacial score (nSPS) is 13.8. The first-order chi connectivity index (χ1) is 15.7. The first-order valence-corrected chi connectivity index (χ1v) is 13.4. The van der Waals surface area contributed by atoms with Crippen LogP contribution in [0.15, 0.2) is 51.5 Å². The summed E-state index contributed by atoms with van der Waals surface area (Å²) in [4.78, 5) is 22.6. The van der Waals surface area contributed by atoms with Crippen LogP contribution in [0.3, 0.4) is 0 Å². The third-order valence-corrected chi connectivity index (χ3v) is 8.51. The van der Waals surface area contributed by atoms with Crippen LogP contribution in [-0.4, -0.2) is 30.5 Å². The molecule has 0 unspecified atom stereocenters. The Hall–Kier alpha value is -2.36. The fraction of sp³-hybridized carbons (Fsp3) is 0.304. The average molecular weight is 482 g/mol. The summed E-state index contributed by atoms with van der Waals surface area (Å²) in [5, 5.41) is 11.0. The van der Waals surface area contributed by atoms with Gasteiger partial charge in [-0.05, 0) is 36.8 Å². The maximum absolute atomic E-state index is 12.7. The molecule has 9 heteroatoms. The van der Waals surface area contributed by atoms with Gasteiger partial charge >= 0.3 is 0 Å². The zero-order valence-corrected chi connectivity index (χ0v) is 20.2. The Morgan fingerprint density at radius 2 is 2.00 bits per heavy atom. The SMILES string of the molecule is Cn1c(CSc2nc3sc4c(c3c(=O)[nH]2)CCCC4)nnc1SC/C=C\c1ccccc1. The van der Waals surface area contributed by atoms with Gasteiger partial charge in [0.1, 0.15) is 10.7 Å². The number of rotatable bonds is 7. The smallest absolute Gasteiger partial charge is 0.260 e. The van der Waals surface area contributed by atoms with Crippen molar-refractivity contribution >= 4 is 51.2 Å². The number of nitrogens with zero attached hydrogens (tertiary/aromatic N) is 4. The maximum Gasteiger partial charge on any atom is 0.260 e. The van der Waals surface area contributed by atoms with Crippen LogP contribution < -0.4 is 5.56 Å². The predicted molar refractivity (Wildman–Crippen MR) is 134 cm³/mol. The van der Waals surface area contributed by atoms with Gasteiger partial charge in [-0.3, -0.25) is 4.79 Å². The van der Waals surface area contributed by atoms with Crippen molar-refractivity contribution < 1.29 is 0 Å². The number of H-pyrrole nitrogens is 1. The number of hydrogen-bond acceptors (Lipinski definition) is 7. The quantitative estimate of drug-likeness (QED) is 0.293. The summed E-state index contributed by atoms with van der Waals surface area (Å²) in [5.74, 6) is 2.28. The maximum atomic E-state index is 12.7. The Labute approximate surface area is 198 Å². The molecule has 5 rings (SSSR count). The summed E-state index contributed by atoms with van der Waals surface area (Å²) in [6, 6.07) is 10.3. The van der Waals surface area contributed by atoms with Crippen molar-refractivity contribution in [2.75, 3.05) is 5.75 Å². The number of thioether (sulfide) groups is 2. The number of fused-ring (bicyclic) bond motifs is 3. The molecule has 1 aliphatic carbocycles. The van der Waals surface area contributed by atoms with Gasteiger partial charge in [0.2, 0.25) is 0 Å². The minimum Gasteiger partial charge on any atom is -0.308 e. The predicted octanol–water partition coefficient (Wildman–Crippen LogP) is 5.09. The highest BCUT2D eigenvalue weighted by atomic mass is 32.2. The van der Waals surface area contributed by atoms with Gasteiger partial charge in [0, 0.05) is 17.7 Å². The molecule has 0 aliphatic heterocycles. The molecular weight excluding hydrogens is 458 g/mol. The van der Waals surface area contributed by atoms with Gasteiger partial charge < -0.3 is 9.55 Å². The minimum absolute atomic E-state index is 0.0173. The molecule has 1 N–H and O–H groups in total. The second-order valence-corrected chi connectivity index (χ2v) is 10.7. The molecule has 3 aromatic heterocycles. The van der Waals surface area contributed by atoms with Crippen molar-refractivity contribution in [2.45, 2.75) is 41.7 Å². The van der Waals surface area contributed by atoms with E-state index in [9.17, 15) is 4.79 Å². The number of thiophene rings is 1. The second-order valence-electron chi connectivity index (χ2n) is 7.63. The van der Waals surface area contributed by atoms with Gasteiger partial charge in [-0.2, -0.15) is 0 Å². The average Bonchev–Trinajstić information content (AvgIpc) is 3.36. The zero-order valence-electron chi connectivity index (χ0n) is 17.7. The highest BCUT2D eigenvalue weighted by molar-refractivity contribution is 7.99. The van der Waals surface area contributed by atoms with E-state index in [1.54, 1.807) is 23.1 Å². The fourth-order valence-electron chi connectivity index (χ4n) is 3.81. The Morgan fingerprint density at radius 3 is 2.88 bits per heavy atom. The van der Waals surface area contributed by atoms with Crippen LogP contribution in [0.25, 0.3) is 16.3 Å². The molecule has 6 nitrogen and oxygen atoms in total. The lowest BCUT2D eigenvalue weighted by Crippen LogP contribution is -2.11. The molecule has 164 valence electrons. The van der Waals surface area contributed by atoms with E-state index in [0.717, 1.165) is 46.2 Å². The molecule has 1 aliphatic rings. The lowest BCUT2D eigenvalue weighted by atomic mass is 9.97. The van der Waals surface area contributed by atoms with Crippen LogP contribution in [0.2, 0.25) is 0 Å². The monoisotopic (exact) mass is 481 g/mol. The fourth-order valence-corrected chi connectivity index (χ4v) is 6.71.